The molecule has 0 saturated heterocycles. The molecule has 0 spiro atoms. The Labute approximate surface area is 142 Å². The summed E-state index contributed by atoms with van der Waals surface area (Å²) in [6.45, 7) is 3.89. The van der Waals surface area contributed by atoms with E-state index >= 15 is 0 Å². The van der Waals surface area contributed by atoms with Crippen molar-refractivity contribution >= 4 is 29.1 Å². The van der Waals surface area contributed by atoms with Crippen LogP contribution in [0.2, 0.25) is 10.0 Å². The predicted molar refractivity (Wildman–Crippen MR) is 92.5 cm³/mol. The first-order valence-electron chi connectivity index (χ1n) is 7.98. The minimum atomic E-state index is -0.260. The Kier molecular flexibility index (Phi) is 6.54. The Hall–Kier alpha value is -0.770. The van der Waals surface area contributed by atoms with Crippen molar-refractivity contribution < 1.29 is 4.79 Å². The lowest BCUT2D eigenvalue weighted by atomic mass is 9.95. The number of hydrogen-bond acceptors (Lipinski definition) is 2. The quantitative estimate of drug-likeness (QED) is 0.828. The molecule has 0 aromatic heterocycles. The van der Waals surface area contributed by atoms with E-state index in [1.54, 1.807) is 6.07 Å². The highest BCUT2D eigenvalue weighted by Crippen LogP contribution is 2.26. The minimum Gasteiger partial charge on any atom is -0.352 e. The normalized spacial score (nSPS) is 18.7. The van der Waals surface area contributed by atoms with Gasteiger partial charge in [0, 0.05) is 22.1 Å². The average Bonchev–Trinajstić information content (AvgIpc) is 2.47. The highest BCUT2D eigenvalue weighted by Gasteiger charge is 2.21. The van der Waals surface area contributed by atoms with Crippen LogP contribution in [0.25, 0.3) is 0 Å². The number of benzene rings is 1. The summed E-state index contributed by atoms with van der Waals surface area (Å²) in [5.74, 6) is 0.0591. The summed E-state index contributed by atoms with van der Waals surface area (Å²) in [7, 11) is 0. The van der Waals surface area contributed by atoms with Gasteiger partial charge in [0.25, 0.3) is 0 Å². The Morgan fingerprint density at radius 1 is 1.18 bits per heavy atom. The lowest BCUT2D eigenvalue weighted by Crippen LogP contribution is -2.47. The molecule has 122 valence electrons. The molecule has 22 heavy (non-hydrogen) atoms. The number of nitrogens with one attached hydrogen (secondary N) is 2. The molecule has 1 aromatic carbocycles. The van der Waals surface area contributed by atoms with Crippen molar-refractivity contribution in [2.45, 2.75) is 64.1 Å². The van der Waals surface area contributed by atoms with Crippen LogP contribution in [-0.2, 0) is 4.79 Å². The standard InChI is InChI=1S/C17H24Cl2N2O/c1-11(15-9-8-13(18)10-16(15)19)20-12(2)17(22)21-14-6-4-3-5-7-14/h8-12,14,20H,3-7H2,1-2H3,(H,21,22)/t11-,12+/m1/s1. The van der Waals surface area contributed by atoms with E-state index < -0.39 is 0 Å². The zero-order valence-electron chi connectivity index (χ0n) is 13.2. The summed E-state index contributed by atoms with van der Waals surface area (Å²) >= 11 is 12.1. The summed E-state index contributed by atoms with van der Waals surface area (Å²) in [4.78, 5) is 12.3. The van der Waals surface area contributed by atoms with Gasteiger partial charge in [-0.2, -0.15) is 0 Å². The van der Waals surface area contributed by atoms with Crippen molar-refractivity contribution in [3.05, 3.63) is 33.8 Å². The summed E-state index contributed by atoms with van der Waals surface area (Å²) < 4.78 is 0. The molecule has 0 unspecified atom stereocenters. The largest absolute Gasteiger partial charge is 0.352 e. The predicted octanol–water partition coefficient (Wildman–Crippen LogP) is 4.48. The molecule has 1 aliphatic rings. The lowest BCUT2D eigenvalue weighted by Gasteiger charge is -2.26. The van der Waals surface area contributed by atoms with Crippen LogP contribution >= 0.6 is 23.2 Å². The number of hydrogen-bond donors (Lipinski definition) is 2. The number of rotatable bonds is 5. The second-order valence-corrected chi connectivity index (χ2v) is 6.96. The summed E-state index contributed by atoms with van der Waals surface area (Å²) in [6.07, 6.45) is 5.90. The van der Waals surface area contributed by atoms with Gasteiger partial charge in [-0.1, -0.05) is 48.5 Å². The van der Waals surface area contributed by atoms with Crippen molar-refractivity contribution in [3.8, 4) is 0 Å². The van der Waals surface area contributed by atoms with Crippen molar-refractivity contribution in [1.82, 2.24) is 10.6 Å². The summed E-state index contributed by atoms with van der Waals surface area (Å²) in [5.41, 5.74) is 0.948. The number of carbonyl (C=O) groups excluding carboxylic acids is 1. The second kappa shape index (κ2) is 8.19. The Bertz CT molecular complexity index is 515. The number of carbonyl (C=O) groups is 1. The van der Waals surface area contributed by atoms with Gasteiger partial charge in [0.2, 0.25) is 5.91 Å². The molecule has 1 saturated carbocycles. The number of amides is 1. The molecule has 1 fully saturated rings. The van der Waals surface area contributed by atoms with E-state index in [1.165, 1.54) is 19.3 Å². The van der Waals surface area contributed by atoms with Crippen molar-refractivity contribution in [1.29, 1.82) is 0 Å². The fraction of sp³-hybridized carbons (Fsp3) is 0.588. The maximum Gasteiger partial charge on any atom is 0.237 e. The zero-order valence-corrected chi connectivity index (χ0v) is 14.7. The minimum absolute atomic E-state index is 0.0168. The van der Waals surface area contributed by atoms with Crippen molar-refractivity contribution in [2.75, 3.05) is 0 Å². The van der Waals surface area contributed by atoms with E-state index in [-0.39, 0.29) is 18.0 Å². The van der Waals surface area contributed by atoms with Gasteiger partial charge in [-0.25, -0.2) is 0 Å². The van der Waals surface area contributed by atoms with Crippen LogP contribution < -0.4 is 10.6 Å². The van der Waals surface area contributed by atoms with Gasteiger partial charge in [0.15, 0.2) is 0 Å². The molecule has 2 N–H and O–H groups in total. The first-order chi connectivity index (χ1) is 10.5. The van der Waals surface area contributed by atoms with Crippen LogP contribution in [0.3, 0.4) is 0 Å². The Balaban J connectivity index is 1.89. The highest BCUT2D eigenvalue weighted by atomic mass is 35.5. The molecule has 1 aromatic rings. The van der Waals surface area contributed by atoms with Crippen molar-refractivity contribution in [3.63, 3.8) is 0 Å². The van der Waals surface area contributed by atoms with Gasteiger partial charge >= 0.3 is 0 Å². The van der Waals surface area contributed by atoms with Crippen LogP contribution in [-0.4, -0.2) is 18.0 Å². The van der Waals surface area contributed by atoms with E-state index in [9.17, 15) is 4.79 Å². The number of halogens is 2. The van der Waals surface area contributed by atoms with Gasteiger partial charge < -0.3 is 5.32 Å². The molecule has 1 amide bonds. The molecule has 2 atom stereocenters. The third-order valence-electron chi connectivity index (χ3n) is 4.27. The molecule has 0 radical (unpaired) electrons. The van der Waals surface area contributed by atoms with Crippen LogP contribution in [0.5, 0.6) is 0 Å². The maximum absolute atomic E-state index is 12.3. The van der Waals surface area contributed by atoms with E-state index in [0.717, 1.165) is 18.4 Å². The SMILES string of the molecule is C[C@H](N[C@H](C)c1ccc(Cl)cc1Cl)C(=O)NC1CCCCC1. The molecule has 1 aliphatic carbocycles. The first kappa shape index (κ1) is 17.6. The second-order valence-electron chi connectivity index (χ2n) is 6.12. The molecule has 3 nitrogen and oxygen atoms in total. The summed E-state index contributed by atoms with van der Waals surface area (Å²) in [6, 6.07) is 5.49. The van der Waals surface area contributed by atoms with Crippen LogP contribution in [0, 0.1) is 0 Å². The Morgan fingerprint density at radius 2 is 1.86 bits per heavy atom. The smallest absolute Gasteiger partial charge is 0.237 e. The first-order valence-corrected chi connectivity index (χ1v) is 8.74. The third kappa shape index (κ3) is 4.87. The Morgan fingerprint density at radius 3 is 2.50 bits per heavy atom. The van der Waals surface area contributed by atoms with Gasteiger partial charge in [0.1, 0.15) is 0 Å². The van der Waals surface area contributed by atoms with E-state index in [0.29, 0.717) is 16.1 Å². The van der Waals surface area contributed by atoms with E-state index in [4.69, 9.17) is 23.2 Å². The monoisotopic (exact) mass is 342 g/mol. The fourth-order valence-electron chi connectivity index (χ4n) is 2.97. The van der Waals surface area contributed by atoms with Gasteiger partial charge in [0.05, 0.1) is 6.04 Å². The molecule has 0 aliphatic heterocycles. The van der Waals surface area contributed by atoms with E-state index in [2.05, 4.69) is 10.6 Å². The molecular weight excluding hydrogens is 319 g/mol. The van der Waals surface area contributed by atoms with Crippen LogP contribution in [0.4, 0.5) is 0 Å². The summed E-state index contributed by atoms with van der Waals surface area (Å²) in [5, 5.41) is 7.68. The highest BCUT2D eigenvalue weighted by molar-refractivity contribution is 6.35. The van der Waals surface area contributed by atoms with Crippen LogP contribution in [0.1, 0.15) is 57.6 Å². The van der Waals surface area contributed by atoms with Crippen molar-refractivity contribution in [2.24, 2.45) is 0 Å². The van der Waals surface area contributed by atoms with Gasteiger partial charge in [-0.15, -0.1) is 0 Å². The third-order valence-corrected chi connectivity index (χ3v) is 4.84. The van der Waals surface area contributed by atoms with Gasteiger partial charge in [-0.05, 0) is 44.4 Å². The zero-order chi connectivity index (χ0) is 16.1. The molecule has 0 bridgehead atoms. The molecule has 0 heterocycles. The topological polar surface area (TPSA) is 41.1 Å². The van der Waals surface area contributed by atoms with Crippen LogP contribution in [0.15, 0.2) is 18.2 Å². The van der Waals surface area contributed by atoms with Gasteiger partial charge in [-0.3, -0.25) is 10.1 Å². The van der Waals surface area contributed by atoms with E-state index in [1.807, 2.05) is 26.0 Å². The fourth-order valence-corrected chi connectivity index (χ4v) is 3.54. The lowest BCUT2D eigenvalue weighted by molar-refractivity contribution is -0.123. The molecule has 2 rings (SSSR count). The molecule has 5 heteroatoms. The maximum atomic E-state index is 12.3. The molecular formula is C17H24Cl2N2O. The average molecular weight is 343 g/mol.